The molecule has 0 aliphatic rings. The second kappa shape index (κ2) is 5.91. The zero-order valence-corrected chi connectivity index (χ0v) is 12.6. The maximum atomic E-state index is 12.2. The number of aromatic nitrogens is 2. The van der Waals surface area contributed by atoms with Crippen molar-refractivity contribution in [1.82, 2.24) is 9.78 Å². The minimum absolute atomic E-state index is 0.218. The predicted molar refractivity (Wildman–Crippen MR) is 78.3 cm³/mol. The van der Waals surface area contributed by atoms with Crippen molar-refractivity contribution in [2.45, 2.75) is 26.9 Å². The van der Waals surface area contributed by atoms with Crippen LogP contribution in [-0.2, 0) is 11.8 Å². The van der Waals surface area contributed by atoms with Gasteiger partial charge in [0.1, 0.15) is 5.56 Å². The number of hydrogen-bond donors (Lipinski definition) is 0. The second-order valence-corrected chi connectivity index (χ2v) is 5.05. The van der Waals surface area contributed by atoms with Gasteiger partial charge in [0.05, 0.1) is 6.20 Å². The fourth-order valence-electron chi connectivity index (χ4n) is 1.93. The van der Waals surface area contributed by atoms with E-state index in [2.05, 4.69) is 5.10 Å². The molecule has 0 fully saturated rings. The Labute approximate surface area is 123 Å². The molecule has 110 valence electrons. The fraction of sp³-hybridized carbons (Fsp3) is 0.312. The summed E-state index contributed by atoms with van der Waals surface area (Å²) in [6.07, 6.45) is 0.612. The molecule has 21 heavy (non-hydrogen) atoms. The van der Waals surface area contributed by atoms with Crippen LogP contribution >= 0.6 is 0 Å². The number of rotatable bonds is 4. The molecule has 0 unspecified atom stereocenters. The van der Waals surface area contributed by atoms with Crippen LogP contribution in [0.5, 0.6) is 0 Å². The van der Waals surface area contributed by atoms with Crippen molar-refractivity contribution in [3.63, 3.8) is 0 Å². The topological polar surface area (TPSA) is 61.2 Å². The molecule has 2 rings (SSSR count). The first-order valence-corrected chi connectivity index (χ1v) is 6.70. The summed E-state index contributed by atoms with van der Waals surface area (Å²) in [5, 5.41) is 3.99. The van der Waals surface area contributed by atoms with Gasteiger partial charge in [0.15, 0.2) is 6.10 Å². The van der Waals surface area contributed by atoms with Gasteiger partial charge in [-0.05, 0) is 20.8 Å². The van der Waals surface area contributed by atoms with Crippen LogP contribution in [0.2, 0.25) is 0 Å². The highest BCUT2D eigenvalue weighted by Crippen LogP contribution is 2.12. The van der Waals surface area contributed by atoms with Gasteiger partial charge in [-0.15, -0.1) is 0 Å². The van der Waals surface area contributed by atoms with Crippen LogP contribution < -0.4 is 0 Å². The summed E-state index contributed by atoms with van der Waals surface area (Å²) in [6, 6.07) is 7.18. The average Bonchev–Trinajstić information content (AvgIpc) is 2.79. The number of Topliss-reactive ketones (excluding diaryl/α,β-unsaturated/α-hetero) is 1. The highest BCUT2D eigenvalue weighted by Gasteiger charge is 2.22. The maximum Gasteiger partial charge on any atom is 0.342 e. The summed E-state index contributed by atoms with van der Waals surface area (Å²) in [4.78, 5) is 24.3. The van der Waals surface area contributed by atoms with Crippen LogP contribution in [0.25, 0.3) is 0 Å². The smallest absolute Gasteiger partial charge is 0.342 e. The maximum absolute atomic E-state index is 12.2. The van der Waals surface area contributed by atoms with E-state index >= 15 is 0 Å². The van der Waals surface area contributed by atoms with Crippen molar-refractivity contribution in [1.29, 1.82) is 0 Å². The van der Waals surface area contributed by atoms with E-state index < -0.39 is 12.1 Å². The largest absolute Gasteiger partial charge is 0.451 e. The zero-order valence-electron chi connectivity index (χ0n) is 12.6. The van der Waals surface area contributed by atoms with E-state index in [1.807, 2.05) is 19.1 Å². The molecule has 0 radical (unpaired) electrons. The second-order valence-electron chi connectivity index (χ2n) is 5.05. The van der Waals surface area contributed by atoms with E-state index in [-0.39, 0.29) is 5.78 Å². The van der Waals surface area contributed by atoms with Crippen LogP contribution in [0.3, 0.4) is 0 Å². The first kappa shape index (κ1) is 15.0. The Morgan fingerprint density at radius 3 is 2.33 bits per heavy atom. The van der Waals surface area contributed by atoms with Gasteiger partial charge >= 0.3 is 5.97 Å². The van der Waals surface area contributed by atoms with Gasteiger partial charge in [0, 0.05) is 18.3 Å². The van der Waals surface area contributed by atoms with Gasteiger partial charge in [-0.2, -0.15) is 5.10 Å². The number of esters is 1. The summed E-state index contributed by atoms with van der Waals surface area (Å²) in [5.41, 5.74) is 2.68. The number of ether oxygens (including phenoxy) is 1. The summed E-state index contributed by atoms with van der Waals surface area (Å²) in [5.74, 6) is -0.751. The zero-order chi connectivity index (χ0) is 15.6. The number of ketones is 1. The molecule has 0 aliphatic heterocycles. The predicted octanol–water partition coefficient (Wildman–Crippen LogP) is 2.47. The van der Waals surface area contributed by atoms with Crippen LogP contribution in [0.15, 0.2) is 30.5 Å². The molecule has 0 saturated heterocycles. The molecular weight excluding hydrogens is 268 g/mol. The van der Waals surface area contributed by atoms with Crippen molar-refractivity contribution >= 4 is 11.8 Å². The molecule has 0 saturated carbocycles. The van der Waals surface area contributed by atoms with Gasteiger partial charge in [0.25, 0.3) is 0 Å². The average molecular weight is 286 g/mol. The third kappa shape index (κ3) is 3.18. The van der Waals surface area contributed by atoms with Crippen LogP contribution in [-0.4, -0.2) is 27.6 Å². The lowest BCUT2D eigenvalue weighted by Gasteiger charge is -2.12. The quantitative estimate of drug-likeness (QED) is 0.640. The van der Waals surface area contributed by atoms with Gasteiger partial charge in [-0.1, -0.05) is 29.8 Å². The Bertz CT molecular complexity index is 671. The number of nitrogens with zero attached hydrogens (tertiary/aromatic N) is 2. The molecule has 0 bridgehead atoms. The van der Waals surface area contributed by atoms with E-state index in [1.54, 1.807) is 37.7 Å². The fourth-order valence-corrected chi connectivity index (χ4v) is 1.93. The van der Waals surface area contributed by atoms with E-state index in [9.17, 15) is 9.59 Å². The molecule has 5 heteroatoms. The summed E-state index contributed by atoms with van der Waals surface area (Å²) in [7, 11) is 1.74. The van der Waals surface area contributed by atoms with Gasteiger partial charge in [0.2, 0.25) is 5.78 Å². The van der Waals surface area contributed by atoms with Crippen molar-refractivity contribution in [3.05, 3.63) is 52.8 Å². The number of aryl methyl sites for hydroxylation is 2. The molecule has 0 amide bonds. The lowest BCUT2D eigenvalue weighted by atomic mass is 10.1. The van der Waals surface area contributed by atoms with Gasteiger partial charge < -0.3 is 4.74 Å². The molecule has 0 N–H and O–H groups in total. The molecule has 0 spiro atoms. The van der Waals surface area contributed by atoms with Crippen LogP contribution in [0, 0.1) is 13.8 Å². The van der Waals surface area contributed by atoms with E-state index in [0.29, 0.717) is 16.8 Å². The Kier molecular flexibility index (Phi) is 4.21. The lowest BCUT2D eigenvalue weighted by molar-refractivity contribution is 0.0318. The van der Waals surface area contributed by atoms with Crippen molar-refractivity contribution < 1.29 is 14.3 Å². The molecule has 2 aromatic rings. The normalized spacial score (nSPS) is 12.0. The van der Waals surface area contributed by atoms with Crippen molar-refractivity contribution in [2.75, 3.05) is 0 Å². The number of hydrogen-bond acceptors (Lipinski definition) is 4. The molecular formula is C16H18N2O3. The first-order chi connectivity index (χ1) is 9.90. The molecule has 1 atom stereocenters. The number of carbonyl (C=O) groups is 2. The number of carbonyl (C=O) groups excluding carboxylic acids is 2. The minimum Gasteiger partial charge on any atom is -0.451 e. The van der Waals surface area contributed by atoms with E-state index in [0.717, 1.165) is 5.56 Å². The Morgan fingerprint density at radius 1 is 1.19 bits per heavy atom. The van der Waals surface area contributed by atoms with Crippen molar-refractivity contribution in [3.8, 4) is 0 Å². The van der Waals surface area contributed by atoms with Crippen LogP contribution in [0.4, 0.5) is 0 Å². The van der Waals surface area contributed by atoms with Gasteiger partial charge in [-0.25, -0.2) is 4.79 Å². The highest BCUT2D eigenvalue weighted by molar-refractivity contribution is 6.01. The number of benzene rings is 1. The monoisotopic (exact) mass is 286 g/mol. The molecule has 1 aromatic carbocycles. The Morgan fingerprint density at radius 2 is 1.81 bits per heavy atom. The minimum atomic E-state index is -0.834. The SMILES string of the molecule is Cc1ccc(C(=O)[C@H](C)OC(=O)c2cnn(C)c2C)cc1. The Hall–Kier alpha value is -2.43. The summed E-state index contributed by atoms with van der Waals surface area (Å²) in [6.45, 7) is 5.30. The standard InChI is InChI=1S/C16H18N2O3/c1-10-5-7-13(8-6-10)15(19)12(3)21-16(20)14-9-17-18(4)11(14)2/h5-9,12H,1-4H3/t12-/m0/s1. The van der Waals surface area contributed by atoms with Crippen LogP contribution in [0.1, 0.15) is 38.9 Å². The Balaban J connectivity index is 2.09. The lowest BCUT2D eigenvalue weighted by Crippen LogP contribution is -2.24. The third-order valence-corrected chi connectivity index (χ3v) is 3.44. The van der Waals surface area contributed by atoms with Gasteiger partial charge in [-0.3, -0.25) is 9.48 Å². The van der Waals surface area contributed by atoms with E-state index in [1.165, 1.54) is 6.20 Å². The van der Waals surface area contributed by atoms with E-state index in [4.69, 9.17) is 4.74 Å². The molecule has 1 heterocycles. The van der Waals surface area contributed by atoms with Crippen molar-refractivity contribution in [2.24, 2.45) is 7.05 Å². The summed E-state index contributed by atoms with van der Waals surface area (Å²) < 4.78 is 6.82. The highest BCUT2D eigenvalue weighted by atomic mass is 16.5. The summed E-state index contributed by atoms with van der Waals surface area (Å²) >= 11 is 0. The molecule has 0 aliphatic carbocycles. The molecule has 1 aromatic heterocycles. The molecule has 5 nitrogen and oxygen atoms in total. The first-order valence-electron chi connectivity index (χ1n) is 6.70. The third-order valence-electron chi connectivity index (χ3n) is 3.44.